The van der Waals surface area contributed by atoms with Gasteiger partial charge in [0.25, 0.3) is 0 Å². The number of nitrogens with two attached hydrogens (primary N) is 5. The molecule has 0 radical (unpaired) electrons. The molecule has 0 aromatic rings. The fourth-order valence-corrected chi connectivity index (χ4v) is 7.73. The van der Waals surface area contributed by atoms with Gasteiger partial charge in [0.15, 0.2) is 11.9 Å². The van der Waals surface area contributed by atoms with E-state index in [-0.39, 0.29) is 75.4 Å². The van der Waals surface area contributed by atoms with Crippen molar-refractivity contribution in [1.82, 2.24) is 42.5 Å². The quantitative estimate of drug-likeness (QED) is 0.0175. The molecule has 0 aliphatic heterocycles. The van der Waals surface area contributed by atoms with Crippen LogP contribution in [0.15, 0.2) is 9.98 Å². The monoisotopic (exact) mass is 1090 g/mol. The summed E-state index contributed by atoms with van der Waals surface area (Å²) in [7, 11) is 0. The number of nitrogens with one attached hydrogen (secondary N) is 8. The van der Waals surface area contributed by atoms with Crippen LogP contribution in [0.1, 0.15) is 121 Å². The Morgan fingerprint density at radius 1 is 0.493 bits per heavy atom. The Kier molecular flexibility index (Phi) is 33.2. The summed E-state index contributed by atoms with van der Waals surface area (Å²) in [4.78, 5) is 130. The number of carbonyl (C=O) groups is 9. The van der Waals surface area contributed by atoms with Crippen molar-refractivity contribution in [2.45, 2.75) is 175 Å². The second kappa shape index (κ2) is 36.1. The van der Waals surface area contributed by atoms with E-state index < -0.39 is 132 Å². The van der Waals surface area contributed by atoms with E-state index in [0.717, 1.165) is 0 Å². The van der Waals surface area contributed by atoms with Crippen LogP contribution in [0.4, 0.5) is 0 Å². The smallest absolute Gasteiger partial charge is 0.326 e. The molecular weight excluding hydrogens is 995 g/mol. The molecule has 0 aromatic heterocycles. The molecule has 0 aromatic carbocycles. The van der Waals surface area contributed by atoms with Crippen LogP contribution >= 0.6 is 11.8 Å². The van der Waals surface area contributed by atoms with Crippen molar-refractivity contribution in [2.24, 2.45) is 68.2 Å². The molecular formula is C48H91N15O11S. The summed E-state index contributed by atoms with van der Waals surface area (Å²) in [6.07, 6.45) is 3.21. The highest BCUT2D eigenvalue weighted by Crippen LogP contribution is 2.15. The third kappa shape index (κ3) is 26.4. The maximum atomic E-state index is 14.4. The first-order chi connectivity index (χ1) is 35.1. The lowest BCUT2D eigenvalue weighted by molar-refractivity contribution is -0.143. The number of thioether (sulfide) groups is 1. The van der Waals surface area contributed by atoms with Gasteiger partial charge in [-0.15, -0.1) is 0 Å². The fourth-order valence-electron chi connectivity index (χ4n) is 7.26. The van der Waals surface area contributed by atoms with Crippen LogP contribution in [-0.2, 0) is 43.2 Å². The summed E-state index contributed by atoms with van der Waals surface area (Å²) in [6.45, 7) is 16.8. The molecule has 0 saturated carbocycles. The van der Waals surface area contributed by atoms with Crippen LogP contribution in [0.5, 0.6) is 0 Å². The van der Waals surface area contributed by atoms with Gasteiger partial charge in [0.1, 0.15) is 48.3 Å². The lowest BCUT2D eigenvalue weighted by Crippen LogP contribution is -2.62. The van der Waals surface area contributed by atoms with Gasteiger partial charge in [0.05, 0.1) is 12.6 Å². The molecule has 0 spiro atoms. The molecule has 0 heterocycles. The molecule has 0 fully saturated rings. The normalized spacial score (nSPS) is 15.7. The third-order valence-corrected chi connectivity index (χ3v) is 13.0. The van der Waals surface area contributed by atoms with Crippen LogP contribution in [0.3, 0.4) is 0 Å². The third-order valence-electron chi connectivity index (χ3n) is 12.4. The number of aliphatic hydroxyl groups is 1. The van der Waals surface area contributed by atoms with Gasteiger partial charge in [0, 0.05) is 13.1 Å². The van der Waals surface area contributed by atoms with Gasteiger partial charge in [-0.1, -0.05) is 82.1 Å². The molecule has 20 N–H and O–H groups in total. The second-order valence-corrected chi connectivity index (χ2v) is 20.9. The minimum Gasteiger partial charge on any atom is -0.480 e. The van der Waals surface area contributed by atoms with Crippen molar-refractivity contribution in [1.29, 1.82) is 0 Å². The van der Waals surface area contributed by atoms with E-state index in [1.165, 1.54) is 11.8 Å². The zero-order valence-corrected chi connectivity index (χ0v) is 46.6. The van der Waals surface area contributed by atoms with Crippen molar-refractivity contribution >= 4 is 76.9 Å². The Morgan fingerprint density at radius 3 is 1.25 bits per heavy atom. The maximum absolute atomic E-state index is 14.4. The van der Waals surface area contributed by atoms with E-state index in [2.05, 4.69) is 52.5 Å². The number of carboxylic acids is 1. The van der Waals surface area contributed by atoms with Crippen molar-refractivity contribution in [3.63, 3.8) is 0 Å². The van der Waals surface area contributed by atoms with E-state index in [9.17, 15) is 53.4 Å². The number of carboxylic acid groups (broad SMARTS) is 1. The number of hydrogen-bond donors (Lipinski definition) is 15. The molecule has 0 aliphatic rings. The molecule has 11 atom stereocenters. The summed E-state index contributed by atoms with van der Waals surface area (Å²) in [6, 6.07) is -11.2. The first-order valence-electron chi connectivity index (χ1n) is 25.7. The highest BCUT2D eigenvalue weighted by atomic mass is 32.2. The largest absolute Gasteiger partial charge is 0.480 e. The zero-order chi connectivity index (χ0) is 57.7. The number of carbonyl (C=O) groups excluding carboxylic acids is 8. The Morgan fingerprint density at radius 2 is 0.867 bits per heavy atom. The molecule has 0 rings (SSSR count). The van der Waals surface area contributed by atoms with Gasteiger partial charge < -0.3 is 81.4 Å². The van der Waals surface area contributed by atoms with E-state index in [1.54, 1.807) is 54.7 Å². The number of aliphatic carboxylic acids is 1. The number of guanidine groups is 2. The summed E-state index contributed by atoms with van der Waals surface area (Å²) in [5, 5.41) is 40.8. The number of aliphatic hydroxyl groups excluding tert-OH is 1. The first kappa shape index (κ1) is 69.0. The average Bonchev–Trinajstić information content (AvgIpc) is 3.34. The minimum absolute atomic E-state index is 0.0134. The average molecular weight is 1090 g/mol. The number of nitrogens with zero attached hydrogens (tertiary/aromatic N) is 2. The number of amides is 8. The molecule has 0 saturated heterocycles. The number of hydrogen-bond acceptors (Lipinski definition) is 14. The fraction of sp³-hybridized carbons (Fsp3) is 0.771. The van der Waals surface area contributed by atoms with Crippen LogP contribution < -0.4 is 71.2 Å². The highest BCUT2D eigenvalue weighted by molar-refractivity contribution is 7.98. The summed E-state index contributed by atoms with van der Waals surface area (Å²) in [5.41, 5.74) is 27.8. The van der Waals surface area contributed by atoms with Gasteiger partial charge in [-0.2, -0.15) is 11.8 Å². The Balaban J connectivity index is 6.70. The van der Waals surface area contributed by atoms with Crippen molar-refractivity contribution in [2.75, 3.05) is 31.7 Å². The van der Waals surface area contributed by atoms with E-state index in [0.29, 0.717) is 18.6 Å². The Bertz CT molecular complexity index is 1920. The van der Waals surface area contributed by atoms with Crippen molar-refractivity contribution in [3.8, 4) is 0 Å². The molecule has 430 valence electrons. The van der Waals surface area contributed by atoms with Crippen molar-refractivity contribution in [3.05, 3.63) is 0 Å². The molecule has 75 heavy (non-hydrogen) atoms. The van der Waals surface area contributed by atoms with Gasteiger partial charge in [-0.05, 0) is 80.1 Å². The Hall–Kier alpha value is -5.96. The molecule has 0 bridgehead atoms. The summed E-state index contributed by atoms with van der Waals surface area (Å²) < 4.78 is 0. The van der Waals surface area contributed by atoms with E-state index >= 15 is 0 Å². The molecule has 0 aliphatic carbocycles. The molecule has 8 amide bonds. The van der Waals surface area contributed by atoms with Crippen molar-refractivity contribution < 1.29 is 53.4 Å². The van der Waals surface area contributed by atoms with Crippen LogP contribution in [-0.4, -0.2) is 161 Å². The number of rotatable bonds is 37. The predicted octanol–water partition coefficient (Wildman–Crippen LogP) is -2.42. The van der Waals surface area contributed by atoms with Gasteiger partial charge in [0.2, 0.25) is 47.3 Å². The molecule has 27 heteroatoms. The summed E-state index contributed by atoms with van der Waals surface area (Å²) in [5.74, 6) is -9.26. The zero-order valence-electron chi connectivity index (χ0n) is 45.8. The van der Waals surface area contributed by atoms with E-state index in [1.807, 2.05) is 20.8 Å². The highest BCUT2D eigenvalue weighted by Gasteiger charge is 2.37. The second-order valence-electron chi connectivity index (χ2n) is 19.9. The van der Waals surface area contributed by atoms with Crippen LogP contribution in [0.25, 0.3) is 0 Å². The van der Waals surface area contributed by atoms with Gasteiger partial charge in [-0.25, -0.2) is 4.79 Å². The lowest BCUT2D eigenvalue weighted by Gasteiger charge is -2.31. The lowest BCUT2D eigenvalue weighted by atomic mass is 9.95. The minimum atomic E-state index is -1.61. The molecule has 26 nitrogen and oxygen atoms in total. The first-order valence-corrected chi connectivity index (χ1v) is 27.1. The predicted molar refractivity (Wildman–Crippen MR) is 289 cm³/mol. The van der Waals surface area contributed by atoms with Gasteiger partial charge in [-0.3, -0.25) is 48.3 Å². The topological polar surface area (TPSA) is 445 Å². The standard InChI is InChI=1S/C48H91N15O11S/c1-12-27(9)36(45(72)57-30(18-21-75-11)39(66)61-35(26(7)8)43(70)60-33(23-64)41(68)58-31(46(73)74)17-15-20-55-48(52)53)62-38(65)29(16-14-19-54-47(50)51)56-44(71)37(28(10)13-2)63-40(67)32(22-24(3)4)59-42(69)34(49)25(5)6/h24-37,64H,12-23,49H2,1-11H3,(H,56,71)(H,57,72)(H,58,68)(H,59,69)(H,60,70)(H,61,66)(H,62,65)(H,63,67)(H,73,74)(H4,50,51,54)(H4,52,53,55)/t27-,28-,29-,30-,31-,32-,33-,34-,35-,36-,37-/m0/s1. The maximum Gasteiger partial charge on any atom is 0.326 e. The summed E-state index contributed by atoms with van der Waals surface area (Å²) >= 11 is 1.38. The van der Waals surface area contributed by atoms with E-state index in [4.69, 9.17) is 28.7 Å². The van der Waals surface area contributed by atoms with Crippen LogP contribution in [0, 0.1) is 29.6 Å². The number of aliphatic imine (C=N–C) groups is 2. The Labute approximate surface area is 446 Å². The van der Waals surface area contributed by atoms with Gasteiger partial charge >= 0.3 is 5.97 Å². The van der Waals surface area contributed by atoms with Crippen LogP contribution in [0.2, 0.25) is 0 Å². The molecule has 0 unspecified atom stereocenters. The SMILES string of the molecule is CC[C@H](C)[C@H](NC(=O)[C@H](CCCN=C(N)N)NC(=O)[C@@H](NC(=O)[C@H](CC(C)C)NC(=O)[C@@H](N)C(C)C)[C@@H](C)CC)C(=O)N[C@@H](CCSC)C(=O)N[C@H](C(=O)N[C@@H](CO)C(=O)N[C@@H](CCCN=C(N)N)C(=O)O)C(C)C.